The Hall–Kier alpha value is -2.04. The van der Waals surface area contributed by atoms with E-state index in [9.17, 15) is 41.6 Å². The van der Waals surface area contributed by atoms with Crippen molar-refractivity contribution in [1.29, 1.82) is 0 Å². The summed E-state index contributed by atoms with van der Waals surface area (Å²) in [4.78, 5) is 10.5. The van der Waals surface area contributed by atoms with Gasteiger partial charge in [0.2, 0.25) is 0 Å². The fourth-order valence-electron chi connectivity index (χ4n) is 2.75. The van der Waals surface area contributed by atoms with Crippen LogP contribution in [0.2, 0.25) is 0 Å². The molecule has 1 heterocycles. The van der Waals surface area contributed by atoms with E-state index >= 15 is 0 Å². The first-order chi connectivity index (χ1) is 10.9. The third-order valence-corrected chi connectivity index (χ3v) is 3.81. The lowest BCUT2D eigenvalue weighted by Crippen LogP contribution is -2.47. The van der Waals surface area contributed by atoms with Crippen LogP contribution in [-0.4, -0.2) is 34.9 Å². The summed E-state index contributed by atoms with van der Waals surface area (Å²) in [6.45, 7) is 0.00686. The minimum absolute atomic E-state index is 0.00686. The zero-order chi connectivity index (χ0) is 18.3. The second-order valence-corrected chi connectivity index (χ2v) is 5.35. The first-order valence-corrected chi connectivity index (χ1v) is 6.80. The predicted molar refractivity (Wildman–Crippen MR) is 70.5 cm³/mol. The quantitative estimate of drug-likeness (QED) is 0.510. The first-order valence-electron chi connectivity index (χ1n) is 6.80. The summed E-state index contributed by atoms with van der Waals surface area (Å²) in [5.41, 5.74) is -2.98. The summed E-state index contributed by atoms with van der Waals surface area (Å²) in [6, 6.07) is 0.564. The molecule has 24 heavy (non-hydrogen) atoms. The zero-order valence-electron chi connectivity index (χ0n) is 11.9. The van der Waals surface area contributed by atoms with Crippen LogP contribution in [-0.2, 0) is 6.18 Å². The van der Waals surface area contributed by atoms with E-state index in [2.05, 4.69) is 0 Å². The number of halogens is 6. The molecular formula is C13H12F6N2O3. The maximum absolute atomic E-state index is 13.0. The van der Waals surface area contributed by atoms with E-state index in [4.69, 9.17) is 0 Å². The van der Waals surface area contributed by atoms with Crippen LogP contribution in [0.1, 0.15) is 18.4 Å². The molecule has 0 radical (unpaired) electrons. The monoisotopic (exact) mass is 358 g/mol. The molecule has 2 atom stereocenters. The molecule has 0 aromatic heterocycles. The van der Waals surface area contributed by atoms with Crippen LogP contribution in [0.15, 0.2) is 18.2 Å². The molecule has 1 saturated heterocycles. The molecule has 1 unspecified atom stereocenters. The molecular weight excluding hydrogens is 346 g/mol. The second-order valence-electron chi connectivity index (χ2n) is 5.35. The normalized spacial score (nSPS) is 20.3. The number of rotatable bonds is 3. The Morgan fingerprint density at radius 1 is 1.25 bits per heavy atom. The van der Waals surface area contributed by atoms with Crippen LogP contribution >= 0.6 is 0 Å². The standard InChI is InChI=1S/C13H12F6N2O3/c14-12(15,16)8-6-7(3-4-9(8)21(23)24)20-5-1-2-10(20)11(22)13(17,18)19/h3-4,6,10-11,22H,1-2,5H2/t10-,11?/m0/s1. The largest absolute Gasteiger partial charge is 0.423 e. The van der Waals surface area contributed by atoms with Crippen molar-refractivity contribution in [2.75, 3.05) is 11.4 Å². The van der Waals surface area contributed by atoms with Gasteiger partial charge >= 0.3 is 12.4 Å². The van der Waals surface area contributed by atoms with Crippen molar-refractivity contribution in [1.82, 2.24) is 0 Å². The summed E-state index contributed by atoms with van der Waals surface area (Å²) < 4.78 is 77.0. The van der Waals surface area contributed by atoms with Crippen molar-refractivity contribution < 1.29 is 36.4 Å². The van der Waals surface area contributed by atoms with Gasteiger partial charge in [-0.05, 0) is 25.0 Å². The van der Waals surface area contributed by atoms with Gasteiger partial charge in [0.15, 0.2) is 6.10 Å². The van der Waals surface area contributed by atoms with E-state index < -0.39 is 40.7 Å². The number of aliphatic hydroxyl groups excluding tert-OH is 1. The fraction of sp³-hybridized carbons (Fsp3) is 0.538. The van der Waals surface area contributed by atoms with Crippen LogP contribution in [0.4, 0.5) is 37.7 Å². The number of hydrogen-bond acceptors (Lipinski definition) is 4. The highest BCUT2D eigenvalue weighted by Crippen LogP contribution is 2.40. The molecule has 0 saturated carbocycles. The average Bonchev–Trinajstić information content (AvgIpc) is 2.92. The predicted octanol–water partition coefficient (Wildman–Crippen LogP) is 3.51. The summed E-state index contributed by atoms with van der Waals surface area (Å²) in [5, 5.41) is 20.1. The molecule has 11 heteroatoms. The zero-order valence-corrected chi connectivity index (χ0v) is 11.9. The molecule has 134 valence electrons. The van der Waals surface area contributed by atoms with Gasteiger partial charge in [0, 0.05) is 18.3 Å². The van der Waals surface area contributed by atoms with Crippen molar-refractivity contribution in [2.24, 2.45) is 0 Å². The van der Waals surface area contributed by atoms with Gasteiger partial charge in [0.25, 0.3) is 5.69 Å². The van der Waals surface area contributed by atoms with Gasteiger partial charge < -0.3 is 10.0 Å². The Kier molecular flexibility index (Phi) is 4.66. The second kappa shape index (κ2) is 6.11. The third-order valence-electron chi connectivity index (χ3n) is 3.81. The minimum Gasteiger partial charge on any atom is -0.382 e. The van der Waals surface area contributed by atoms with Gasteiger partial charge in [-0.2, -0.15) is 26.3 Å². The van der Waals surface area contributed by atoms with Gasteiger partial charge in [-0.15, -0.1) is 0 Å². The maximum Gasteiger partial charge on any atom is 0.423 e. The third kappa shape index (κ3) is 3.55. The van der Waals surface area contributed by atoms with Crippen LogP contribution in [0.25, 0.3) is 0 Å². The number of nitrogens with zero attached hydrogens (tertiary/aromatic N) is 2. The molecule has 5 nitrogen and oxygen atoms in total. The molecule has 0 amide bonds. The van der Waals surface area contributed by atoms with Gasteiger partial charge in [-0.3, -0.25) is 10.1 Å². The molecule has 1 aromatic rings. The summed E-state index contributed by atoms with van der Waals surface area (Å²) >= 11 is 0. The Balaban J connectivity index is 2.43. The summed E-state index contributed by atoms with van der Waals surface area (Å²) in [6.07, 6.45) is -12.5. The van der Waals surface area contributed by atoms with Crippen LogP contribution in [0.5, 0.6) is 0 Å². The molecule has 1 aromatic carbocycles. The number of anilines is 1. The van der Waals surface area contributed by atoms with Crippen LogP contribution in [0.3, 0.4) is 0 Å². The Morgan fingerprint density at radius 2 is 1.88 bits per heavy atom. The molecule has 1 aliphatic rings. The lowest BCUT2D eigenvalue weighted by Gasteiger charge is -2.31. The Labute approximate surface area is 131 Å². The van der Waals surface area contributed by atoms with Crippen LogP contribution < -0.4 is 4.90 Å². The first kappa shape index (κ1) is 18.3. The highest BCUT2D eigenvalue weighted by atomic mass is 19.4. The van der Waals surface area contributed by atoms with Crippen molar-refractivity contribution >= 4 is 11.4 Å². The van der Waals surface area contributed by atoms with Gasteiger partial charge in [0.1, 0.15) is 5.56 Å². The van der Waals surface area contributed by atoms with Crippen LogP contribution in [0, 0.1) is 10.1 Å². The summed E-state index contributed by atoms with van der Waals surface area (Å²) in [7, 11) is 0. The van der Waals surface area contributed by atoms with Gasteiger partial charge in [-0.25, -0.2) is 0 Å². The molecule has 1 fully saturated rings. The molecule has 1 N–H and O–H groups in total. The number of aliphatic hydroxyl groups is 1. The van der Waals surface area contributed by atoms with E-state index in [1.165, 1.54) is 0 Å². The topological polar surface area (TPSA) is 66.6 Å². The average molecular weight is 358 g/mol. The number of hydrogen-bond donors (Lipinski definition) is 1. The van der Waals surface area contributed by atoms with Crippen molar-refractivity contribution in [3.8, 4) is 0 Å². The van der Waals surface area contributed by atoms with Crippen molar-refractivity contribution in [3.63, 3.8) is 0 Å². The van der Waals surface area contributed by atoms with E-state index in [0.717, 1.165) is 11.0 Å². The Bertz CT molecular complexity index is 631. The maximum atomic E-state index is 13.0. The number of alkyl halides is 6. The molecule has 0 spiro atoms. The lowest BCUT2D eigenvalue weighted by molar-refractivity contribution is -0.388. The number of nitro benzene ring substituents is 1. The fourth-order valence-corrected chi connectivity index (χ4v) is 2.75. The van der Waals surface area contributed by atoms with Crippen molar-refractivity contribution in [3.05, 3.63) is 33.9 Å². The molecule has 1 aliphatic heterocycles. The molecule has 0 aliphatic carbocycles. The van der Waals surface area contributed by atoms with Crippen molar-refractivity contribution in [2.45, 2.75) is 37.3 Å². The molecule has 0 bridgehead atoms. The molecule has 2 rings (SSSR count). The SMILES string of the molecule is O=[N+]([O-])c1ccc(N2CCC[C@H]2C(O)C(F)(F)F)cc1C(F)(F)F. The summed E-state index contributed by atoms with van der Waals surface area (Å²) in [5.74, 6) is 0. The van der Waals surface area contributed by atoms with E-state index in [-0.39, 0.29) is 25.1 Å². The van der Waals surface area contributed by atoms with Gasteiger partial charge in [0.05, 0.1) is 11.0 Å². The van der Waals surface area contributed by atoms with E-state index in [0.29, 0.717) is 12.1 Å². The number of nitro groups is 1. The minimum atomic E-state index is -5.03. The van der Waals surface area contributed by atoms with E-state index in [1.54, 1.807) is 0 Å². The Morgan fingerprint density at radius 3 is 2.38 bits per heavy atom. The highest BCUT2D eigenvalue weighted by Gasteiger charge is 2.47. The van der Waals surface area contributed by atoms with E-state index in [1.807, 2.05) is 0 Å². The number of benzene rings is 1. The smallest absolute Gasteiger partial charge is 0.382 e. The van der Waals surface area contributed by atoms with Gasteiger partial charge in [-0.1, -0.05) is 0 Å². The highest BCUT2D eigenvalue weighted by molar-refractivity contribution is 5.58. The lowest BCUT2D eigenvalue weighted by atomic mass is 10.1.